The summed E-state index contributed by atoms with van der Waals surface area (Å²) in [5.74, 6) is 0. The molecule has 1 nitrogen and oxygen atoms in total. The largest absolute Gasteiger partial charge is 2.00 e. The maximum Gasteiger partial charge on any atom is 2.00 e. The van der Waals surface area contributed by atoms with Gasteiger partial charge in [-0.3, -0.25) is 4.99 Å². The summed E-state index contributed by atoms with van der Waals surface area (Å²) in [5, 5.41) is 0. The standard InChI is InChI=1S/C9H9N.2ClH.Zr/c1-6-3-8-5-7(2)10-9(8)4-6;;;/h3-5H,1-2H3;2*1H;/q;;;+2/p-2. The predicted octanol–water partition coefficient (Wildman–Crippen LogP) is -3.76. The zero-order valence-electron chi connectivity index (χ0n) is 7.44. The second-order valence-corrected chi connectivity index (χ2v) is 2.77. The third kappa shape index (κ3) is 3.20. The Morgan fingerprint density at radius 2 is 1.62 bits per heavy atom. The maximum atomic E-state index is 4.33. The van der Waals surface area contributed by atoms with Crippen molar-refractivity contribution in [1.29, 1.82) is 0 Å². The summed E-state index contributed by atoms with van der Waals surface area (Å²) in [6.07, 6.45) is 6.39. The number of allylic oxidation sites excluding steroid dienone is 6. The minimum atomic E-state index is 0. The van der Waals surface area contributed by atoms with E-state index in [4.69, 9.17) is 0 Å². The number of fused-ring (bicyclic) bond motifs is 1. The molecule has 0 aromatic rings. The Kier molecular flexibility index (Phi) is 7.24. The SMILES string of the molecule is CC1=CC2=NC(C)=CC2=C1.[Cl-].[Cl-].[Zr+2]. The predicted molar refractivity (Wildman–Crippen MR) is 43.0 cm³/mol. The minimum absolute atomic E-state index is 0. The number of aliphatic imine (C=N–C) groups is 1. The van der Waals surface area contributed by atoms with E-state index in [0.717, 1.165) is 11.4 Å². The average molecular weight is 293 g/mol. The molecule has 0 aromatic carbocycles. The molecule has 4 heteroatoms. The van der Waals surface area contributed by atoms with Gasteiger partial charge in [0.2, 0.25) is 0 Å². The van der Waals surface area contributed by atoms with Crippen LogP contribution in [0.2, 0.25) is 0 Å². The van der Waals surface area contributed by atoms with Crippen molar-refractivity contribution in [2.24, 2.45) is 4.99 Å². The second kappa shape index (κ2) is 5.95. The molecule has 1 heterocycles. The van der Waals surface area contributed by atoms with Gasteiger partial charge in [-0.25, -0.2) is 0 Å². The van der Waals surface area contributed by atoms with Gasteiger partial charge < -0.3 is 24.8 Å². The Balaban J connectivity index is 0. The fourth-order valence-corrected chi connectivity index (χ4v) is 1.32. The molecule has 0 atom stereocenters. The average Bonchev–Trinajstić information content (AvgIpc) is 2.21. The normalized spacial score (nSPS) is 16.5. The summed E-state index contributed by atoms with van der Waals surface area (Å²) in [6, 6.07) is 0. The van der Waals surface area contributed by atoms with E-state index in [0.29, 0.717) is 0 Å². The number of hydrogen-bond acceptors (Lipinski definition) is 1. The van der Waals surface area contributed by atoms with E-state index in [1.54, 1.807) is 0 Å². The summed E-state index contributed by atoms with van der Waals surface area (Å²) < 4.78 is 0. The summed E-state index contributed by atoms with van der Waals surface area (Å²) in [6.45, 7) is 4.12. The van der Waals surface area contributed by atoms with E-state index < -0.39 is 0 Å². The van der Waals surface area contributed by atoms with Crippen molar-refractivity contribution < 1.29 is 51.0 Å². The van der Waals surface area contributed by atoms with E-state index in [1.807, 2.05) is 6.92 Å². The van der Waals surface area contributed by atoms with Crippen LogP contribution in [0.5, 0.6) is 0 Å². The van der Waals surface area contributed by atoms with Crippen LogP contribution in [0.1, 0.15) is 13.8 Å². The molecule has 1 aliphatic carbocycles. The third-order valence-corrected chi connectivity index (χ3v) is 1.70. The van der Waals surface area contributed by atoms with Gasteiger partial charge in [0, 0.05) is 11.3 Å². The molecule has 13 heavy (non-hydrogen) atoms. The molecular formula is C9H9Cl2NZr. The van der Waals surface area contributed by atoms with Crippen LogP contribution in [-0.4, -0.2) is 5.71 Å². The molecule has 0 saturated heterocycles. The van der Waals surface area contributed by atoms with Crippen molar-refractivity contribution in [1.82, 2.24) is 0 Å². The van der Waals surface area contributed by atoms with Gasteiger partial charge in [0.05, 0.1) is 5.71 Å². The van der Waals surface area contributed by atoms with E-state index in [9.17, 15) is 0 Å². The molecule has 2 aliphatic rings. The van der Waals surface area contributed by atoms with E-state index in [1.165, 1.54) is 11.1 Å². The van der Waals surface area contributed by atoms with Gasteiger partial charge in [0.15, 0.2) is 0 Å². The smallest absolute Gasteiger partial charge is 1.00 e. The topological polar surface area (TPSA) is 12.4 Å². The molecule has 2 rings (SSSR count). The summed E-state index contributed by atoms with van der Waals surface area (Å²) in [5.41, 5.74) is 4.83. The van der Waals surface area contributed by atoms with Gasteiger partial charge in [-0.1, -0.05) is 0 Å². The van der Waals surface area contributed by atoms with Gasteiger partial charge in [0.25, 0.3) is 0 Å². The van der Waals surface area contributed by atoms with Gasteiger partial charge in [-0.2, -0.15) is 0 Å². The van der Waals surface area contributed by atoms with Gasteiger partial charge in [-0.05, 0) is 37.6 Å². The molecule has 0 unspecified atom stereocenters. The van der Waals surface area contributed by atoms with Crippen molar-refractivity contribution in [3.8, 4) is 0 Å². The summed E-state index contributed by atoms with van der Waals surface area (Å²) in [7, 11) is 0. The van der Waals surface area contributed by atoms with Crippen molar-refractivity contribution in [2.45, 2.75) is 13.8 Å². The van der Waals surface area contributed by atoms with Crippen LogP contribution in [0.25, 0.3) is 0 Å². The van der Waals surface area contributed by atoms with Crippen molar-refractivity contribution >= 4 is 5.71 Å². The molecule has 1 aliphatic heterocycles. The summed E-state index contributed by atoms with van der Waals surface area (Å²) in [4.78, 5) is 4.33. The van der Waals surface area contributed by atoms with Crippen LogP contribution in [0.4, 0.5) is 0 Å². The van der Waals surface area contributed by atoms with Crippen LogP contribution < -0.4 is 24.8 Å². The Morgan fingerprint density at radius 1 is 1.00 bits per heavy atom. The molecule has 0 radical (unpaired) electrons. The number of halogens is 2. The molecule has 0 fully saturated rings. The quantitative estimate of drug-likeness (QED) is 0.435. The van der Waals surface area contributed by atoms with Crippen molar-refractivity contribution in [2.75, 3.05) is 0 Å². The molecule has 0 amide bonds. The number of nitrogens with zero attached hydrogens (tertiary/aromatic N) is 1. The van der Waals surface area contributed by atoms with Crippen LogP contribution in [0.15, 0.2) is 40.1 Å². The minimum Gasteiger partial charge on any atom is -1.00 e. The van der Waals surface area contributed by atoms with Gasteiger partial charge in [0.1, 0.15) is 0 Å². The van der Waals surface area contributed by atoms with E-state index in [2.05, 4.69) is 30.1 Å². The Morgan fingerprint density at radius 3 is 2.15 bits per heavy atom. The fraction of sp³-hybridized carbons (Fsp3) is 0.222. The first kappa shape index (κ1) is 15.8. The molecule has 68 valence electrons. The monoisotopic (exact) mass is 291 g/mol. The van der Waals surface area contributed by atoms with Crippen LogP contribution in [-0.2, 0) is 26.2 Å². The van der Waals surface area contributed by atoms with Crippen LogP contribution in [0.3, 0.4) is 0 Å². The molecular weight excluding hydrogens is 284 g/mol. The number of rotatable bonds is 0. The van der Waals surface area contributed by atoms with Crippen LogP contribution >= 0.6 is 0 Å². The molecule has 0 bridgehead atoms. The van der Waals surface area contributed by atoms with Gasteiger partial charge >= 0.3 is 26.2 Å². The Hall–Kier alpha value is 0.353. The first-order valence-electron chi connectivity index (χ1n) is 3.43. The summed E-state index contributed by atoms with van der Waals surface area (Å²) >= 11 is 0. The Labute approximate surface area is 110 Å². The van der Waals surface area contributed by atoms with E-state index >= 15 is 0 Å². The van der Waals surface area contributed by atoms with Gasteiger partial charge in [-0.15, -0.1) is 0 Å². The molecule has 0 spiro atoms. The van der Waals surface area contributed by atoms with Crippen molar-refractivity contribution in [3.05, 3.63) is 35.1 Å². The first-order chi connectivity index (χ1) is 4.75. The molecule has 0 N–H and O–H groups in total. The Bertz CT molecular complexity index is 282. The zero-order chi connectivity index (χ0) is 7.14. The van der Waals surface area contributed by atoms with Crippen LogP contribution in [0, 0.1) is 0 Å². The fourth-order valence-electron chi connectivity index (χ4n) is 1.32. The zero-order valence-corrected chi connectivity index (χ0v) is 11.4. The maximum absolute atomic E-state index is 4.33. The second-order valence-electron chi connectivity index (χ2n) is 2.77. The van der Waals surface area contributed by atoms with Crippen molar-refractivity contribution in [3.63, 3.8) is 0 Å². The molecule has 0 aromatic heterocycles. The van der Waals surface area contributed by atoms with E-state index in [-0.39, 0.29) is 51.0 Å². The number of hydrogen-bond donors (Lipinski definition) is 0. The first-order valence-corrected chi connectivity index (χ1v) is 3.43. The molecule has 0 saturated carbocycles. The third-order valence-electron chi connectivity index (χ3n) is 1.70.